The van der Waals surface area contributed by atoms with E-state index in [1.54, 1.807) is 6.07 Å². The molecule has 1 aliphatic rings. The highest BCUT2D eigenvalue weighted by Crippen LogP contribution is 2.42. The number of benzene rings is 3. The lowest BCUT2D eigenvalue weighted by atomic mass is 10.1. The summed E-state index contributed by atoms with van der Waals surface area (Å²) in [6.45, 7) is 0. The van der Waals surface area contributed by atoms with Crippen LogP contribution in [-0.4, -0.2) is 22.0 Å². The maximum atomic E-state index is 13.5. The third-order valence-corrected chi connectivity index (χ3v) is 6.50. The van der Waals surface area contributed by atoms with Gasteiger partial charge in [0.05, 0.1) is 10.2 Å². The number of hydrogen-bond donors (Lipinski definition) is 1. The van der Waals surface area contributed by atoms with Gasteiger partial charge in [-0.2, -0.15) is 5.26 Å². The molecule has 3 aromatic rings. The molecule has 1 atom stereocenters. The first kappa shape index (κ1) is 24.6. The Labute approximate surface area is 208 Å². The molecule has 180 valence electrons. The largest absolute Gasteiger partial charge is 0.321 e. The van der Waals surface area contributed by atoms with E-state index in [4.69, 9.17) is 0 Å². The fourth-order valence-corrected chi connectivity index (χ4v) is 4.86. The number of halogens is 2. The SMILES string of the molecule is N#C/C(C(=O)Nc1ccc(F)cc1)=C1/SC(Cc2cccc([N+](=O)[O-])c2)C(=O)N1c1ccc(F)cc1. The molecule has 1 heterocycles. The number of hydrogen-bond acceptors (Lipinski definition) is 6. The topological polar surface area (TPSA) is 116 Å². The number of nitro groups is 1. The number of nitriles is 1. The van der Waals surface area contributed by atoms with Gasteiger partial charge in [-0.3, -0.25) is 24.6 Å². The second-order valence-corrected chi connectivity index (χ2v) is 8.83. The van der Waals surface area contributed by atoms with Gasteiger partial charge in [0.25, 0.3) is 11.6 Å². The van der Waals surface area contributed by atoms with Gasteiger partial charge in [-0.1, -0.05) is 23.9 Å². The van der Waals surface area contributed by atoms with Crippen molar-refractivity contribution in [3.05, 3.63) is 111 Å². The molecule has 4 rings (SSSR count). The van der Waals surface area contributed by atoms with Crippen molar-refractivity contribution in [3.63, 3.8) is 0 Å². The number of non-ortho nitro benzene ring substituents is 1. The minimum atomic E-state index is -0.817. The summed E-state index contributed by atoms with van der Waals surface area (Å²) in [5.74, 6) is -2.33. The molecule has 2 amide bonds. The van der Waals surface area contributed by atoms with Gasteiger partial charge in [0.1, 0.15) is 28.3 Å². The van der Waals surface area contributed by atoms with E-state index in [0.29, 0.717) is 5.56 Å². The maximum Gasteiger partial charge on any atom is 0.269 e. The Morgan fingerprint density at radius 1 is 1.08 bits per heavy atom. The highest BCUT2D eigenvalue weighted by molar-refractivity contribution is 8.05. The van der Waals surface area contributed by atoms with E-state index in [1.807, 2.05) is 6.07 Å². The molecule has 0 bridgehead atoms. The van der Waals surface area contributed by atoms with Crippen molar-refractivity contribution in [2.75, 3.05) is 10.2 Å². The molecule has 36 heavy (non-hydrogen) atoms. The van der Waals surface area contributed by atoms with Crippen molar-refractivity contribution < 1.29 is 23.3 Å². The third kappa shape index (κ3) is 5.24. The molecule has 1 unspecified atom stereocenters. The van der Waals surface area contributed by atoms with Crippen LogP contribution in [-0.2, 0) is 16.0 Å². The minimum absolute atomic E-state index is 0.0316. The van der Waals surface area contributed by atoms with Crippen LogP contribution in [0.25, 0.3) is 0 Å². The van der Waals surface area contributed by atoms with Gasteiger partial charge < -0.3 is 5.32 Å². The van der Waals surface area contributed by atoms with E-state index in [1.165, 1.54) is 42.5 Å². The van der Waals surface area contributed by atoms with E-state index < -0.39 is 33.6 Å². The average molecular weight is 506 g/mol. The summed E-state index contributed by atoms with van der Waals surface area (Å²) in [5, 5.41) is 22.7. The summed E-state index contributed by atoms with van der Waals surface area (Å²) in [6.07, 6.45) is 0.0880. The molecule has 1 fully saturated rings. The van der Waals surface area contributed by atoms with Crippen LogP contribution in [0, 0.1) is 33.1 Å². The summed E-state index contributed by atoms with van der Waals surface area (Å²) < 4.78 is 26.8. The van der Waals surface area contributed by atoms with Crippen LogP contribution < -0.4 is 10.2 Å². The molecule has 8 nitrogen and oxygen atoms in total. The number of thioether (sulfide) groups is 1. The normalized spacial score (nSPS) is 16.4. The monoisotopic (exact) mass is 506 g/mol. The standard InChI is InChI=1S/C25H16F2N4O4S/c26-16-4-8-18(9-5-16)29-23(32)21(14-28)25-30(19-10-6-17(27)7-11-19)24(33)22(36-25)13-15-2-1-3-20(12-15)31(34)35/h1-12,22H,13H2,(H,29,32)/b25-21-. The van der Waals surface area contributed by atoms with Crippen molar-refractivity contribution in [2.24, 2.45) is 0 Å². The second-order valence-electron chi connectivity index (χ2n) is 7.64. The van der Waals surface area contributed by atoms with Crippen molar-refractivity contribution in [1.29, 1.82) is 5.26 Å². The van der Waals surface area contributed by atoms with Crippen LogP contribution >= 0.6 is 11.8 Å². The summed E-state index contributed by atoms with van der Waals surface area (Å²) in [7, 11) is 0. The molecule has 3 aromatic carbocycles. The maximum absolute atomic E-state index is 13.5. The first-order chi connectivity index (χ1) is 17.3. The molecule has 0 spiro atoms. The van der Waals surface area contributed by atoms with Gasteiger partial charge >= 0.3 is 0 Å². The van der Waals surface area contributed by atoms with Crippen LogP contribution in [0.5, 0.6) is 0 Å². The number of nitro benzene ring substituents is 1. The fraction of sp³-hybridized carbons (Fsp3) is 0.0800. The van der Waals surface area contributed by atoms with Gasteiger partial charge in [0.2, 0.25) is 5.91 Å². The van der Waals surface area contributed by atoms with E-state index in [0.717, 1.165) is 40.9 Å². The van der Waals surface area contributed by atoms with E-state index in [9.17, 15) is 33.7 Å². The molecule has 1 saturated heterocycles. The fourth-order valence-electron chi connectivity index (χ4n) is 3.55. The van der Waals surface area contributed by atoms with E-state index in [-0.39, 0.29) is 34.1 Å². The zero-order chi connectivity index (χ0) is 25.8. The summed E-state index contributed by atoms with van der Waals surface area (Å²) >= 11 is 0.958. The number of rotatable bonds is 6. The van der Waals surface area contributed by atoms with E-state index in [2.05, 4.69) is 5.32 Å². The number of anilines is 2. The zero-order valence-corrected chi connectivity index (χ0v) is 19.2. The quantitative estimate of drug-likeness (QED) is 0.219. The third-order valence-electron chi connectivity index (χ3n) is 5.23. The minimum Gasteiger partial charge on any atom is -0.321 e. The first-order valence-electron chi connectivity index (χ1n) is 10.5. The number of nitrogens with zero attached hydrogens (tertiary/aromatic N) is 3. The number of amides is 2. The molecule has 1 aliphatic heterocycles. The molecular weight excluding hydrogens is 490 g/mol. The predicted molar refractivity (Wildman–Crippen MR) is 130 cm³/mol. The molecule has 0 aromatic heterocycles. The highest BCUT2D eigenvalue weighted by Gasteiger charge is 2.41. The number of carbonyl (C=O) groups excluding carboxylic acids is 2. The lowest BCUT2D eigenvalue weighted by molar-refractivity contribution is -0.384. The second kappa shape index (κ2) is 10.4. The van der Waals surface area contributed by atoms with Gasteiger partial charge in [-0.15, -0.1) is 0 Å². The molecular formula is C25H16F2N4O4S. The van der Waals surface area contributed by atoms with Crippen LogP contribution in [0.3, 0.4) is 0 Å². The molecule has 0 saturated carbocycles. The first-order valence-corrected chi connectivity index (χ1v) is 11.4. The van der Waals surface area contributed by atoms with E-state index >= 15 is 0 Å². The van der Waals surface area contributed by atoms with Gasteiger partial charge in [-0.25, -0.2) is 8.78 Å². The Kier molecular flexibility index (Phi) is 7.07. The Bertz CT molecular complexity index is 1420. The van der Waals surface area contributed by atoms with Crippen LogP contribution in [0.4, 0.5) is 25.8 Å². The van der Waals surface area contributed by atoms with Crippen molar-refractivity contribution in [3.8, 4) is 6.07 Å². The molecule has 0 aliphatic carbocycles. The summed E-state index contributed by atoms with van der Waals surface area (Å²) in [6, 6.07) is 17.6. The van der Waals surface area contributed by atoms with Gasteiger partial charge in [0, 0.05) is 23.5 Å². The van der Waals surface area contributed by atoms with Crippen LogP contribution in [0.2, 0.25) is 0 Å². The lowest BCUT2D eigenvalue weighted by Crippen LogP contribution is -2.31. The average Bonchev–Trinajstić information content (AvgIpc) is 3.17. The lowest BCUT2D eigenvalue weighted by Gasteiger charge is -2.18. The van der Waals surface area contributed by atoms with Gasteiger partial charge in [0.15, 0.2) is 0 Å². The molecule has 11 heteroatoms. The smallest absolute Gasteiger partial charge is 0.269 e. The Hall–Kier alpha value is -4.56. The van der Waals surface area contributed by atoms with Crippen molar-refractivity contribution in [1.82, 2.24) is 0 Å². The predicted octanol–water partition coefficient (Wildman–Crippen LogP) is 4.94. The highest BCUT2D eigenvalue weighted by atomic mass is 32.2. The number of carbonyl (C=O) groups is 2. The zero-order valence-electron chi connectivity index (χ0n) is 18.4. The van der Waals surface area contributed by atoms with Crippen LogP contribution in [0.15, 0.2) is 83.4 Å². The number of nitrogens with one attached hydrogen (secondary N) is 1. The molecule has 0 radical (unpaired) electrons. The van der Waals surface area contributed by atoms with Crippen molar-refractivity contribution in [2.45, 2.75) is 11.7 Å². The summed E-state index contributed by atoms with van der Waals surface area (Å²) in [4.78, 5) is 38.1. The Balaban J connectivity index is 1.72. The van der Waals surface area contributed by atoms with Crippen LogP contribution in [0.1, 0.15) is 5.56 Å². The summed E-state index contributed by atoms with van der Waals surface area (Å²) in [5.41, 5.74) is 0.497. The Morgan fingerprint density at radius 3 is 2.33 bits per heavy atom. The Morgan fingerprint density at radius 2 is 1.72 bits per heavy atom. The van der Waals surface area contributed by atoms with Crippen molar-refractivity contribution >= 4 is 40.6 Å². The molecule has 1 N–H and O–H groups in total. The van der Waals surface area contributed by atoms with Gasteiger partial charge in [-0.05, 0) is 60.5 Å².